The molecule has 0 spiro atoms. The predicted octanol–water partition coefficient (Wildman–Crippen LogP) is 3.19. The Kier molecular flexibility index (Phi) is 3.20. The van der Waals surface area contributed by atoms with Crippen LogP contribution in [-0.2, 0) is 6.18 Å². The Labute approximate surface area is 105 Å². The van der Waals surface area contributed by atoms with Crippen LogP contribution in [0.15, 0.2) is 40.8 Å². The van der Waals surface area contributed by atoms with E-state index in [9.17, 15) is 18.0 Å². The van der Waals surface area contributed by atoms with E-state index in [1.54, 1.807) is 0 Å². The molecule has 0 bridgehead atoms. The fraction of sp³-hybridized carbons (Fsp3) is 0.0833. The largest absolute Gasteiger partial charge is 0.449 e. The number of carbonyl (C=O) groups excluding carboxylic acids is 1. The molecule has 0 atom stereocenters. The number of nitrogens with two attached hydrogens (primary N) is 1. The van der Waals surface area contributed by atoms with Crippen LogP contribution in [0.1, 0.15) is 16.1 Å². The van der Waals surface area contributed by atoms with Crippen molar-refractivity contribution in [2.45, 2.75) is 6.18 Å². The molecular formula is C12H8F3NO3. The monoisotopic (exact) mass is 271 g/mol. The van der Waals surface area contributed by atoms with Crippen molar-refractivity contribution in [3.8, 4) is 11.7 Å². The Morgan fingerprint density at radius 3 is 2.21 bits per heavy atom. The molecule has 100 valence electrons. The van der Waals surface area contributed by atoms with E-state index >= 15 is 0 Å². The first-order valence-corrected chi connectivity index (χ1v) is 5.11. The van der Waals surface area contributed by atoms with E-state index in [4.69, 9.17) is 10.5 Å². The van der Waals surface area contributed by atoms with Crippen LogP contribution >= 0.6 is 0 Å². The summed E-state index contributed by atoms with van der Waals surface area (Å²) in [4.78, 5) is 10.8. The minimum Gasteiger partial charge on any atom is -0.426 e. The van der Waals surface area contributed by atoms with Crippen LogP contribution in [0.5, 0.6) is 11.7 Å². The molecule has 0 radical (unpaired) electrons. The first-order valence-electron chi connectivity index (χ1n) is 5.11. The van der Waals surface area contributed by atoms with Crippen molar-refractivity contribution in [2.75, 3.05) is 0 Å². The number of hydrogen-bond donors (Lipinski definition) is 1. The van der Waals surface area contributed by atoms with E-state index in [-0.39, 0.29) is 17.3 Å². The summed E-state index contributed by atoms with van der Waals surface area (Å²) in [6.45, 7) is 0. The molecule has 1 aromatic heterocycles. The molecule has 0 fully saturated rings. The topological polar surface area (TPSA) is 65.5 Å². The zero-order valence-electron chi connectivity index (χ0n) is 9.40. The maximum absolute atomic E-state index is 12.3. The van der Waals surface area contributed by atoms with Crippen LogP contribution in [0.2, 0.25) is 0 Å². The highest BCUT2D eigenvalue weighted by Gasteiger charge is 2.35. The van der Waals surface area contributed by atoms with Gasteiger partial charge in [0.1, 0.15) is 5.75 Å². The minimum atomic E-state index is -4.56. The lowest BCUT2D eigenvalue weighted by Crippen LogP contribution is -2.10. The van der Waals surface area contributed by atoms with Gasteiger partial charge in [-0.3, -0.25) is 4.79 Å². The molecule has 0 aliphatic rings. The highest BCUT2D eigenvalue weighted by molar-refractivity contribution is 5.92. The maximum Gasteiger partial charge on any atom is 0.449 e. The van der Waals surface area contributed by atoms with E-state index < -0.39 is 17.8 Å². The Morgan fingerprint density at radius 1 is 1.11 bits per heavy atom. The summed E-state index contributed by atoms with van der Waals surface area (Å²) in [5.74, 6) is -1.81. The van der Waals surface area contributed by atoms with Crippen LogP contribution in [0.3, 0.4) is 0 Å². The number of furan rings is 1. The Morgan fingerprint density at radius 2 is 1.74 bits per heavy atom. The molecular weight excluding hydrogens is 263 g/mol. The van der Waals surface area contributed by atoms with Crippen molar-refractivity contribution in [2.24, 2.45) is 5.73 Å². The van der Waals surface area contributed by atoms with Crippen molar-refractivity contribution in [1.82, 2.24) is 0 Å². The number of rotatable bonds is 3. The molecule has 1 aromatic carbocycles. The van der Waals surface area contributed by atoms with Gasteiger partial charge in [-0.25, -0.2) is 0 Å². The van der Waals surface area contributed by atoms with Gasteiger partial charge in [0.25, 0.3) is 5.95 Å². The number of amides is 1. The van der Waals surface area contributed by atoms with Gasteiger partial charge in [-0.15, -0.1) is 0 Å². The van der Waals surface area contributed by atoms with Crippen molar-refractivity contribution in [3.05, 3.63) is 47.7 Å². The third-order valence-electron chi connectivity index (χ3n) is 2.22. The van der Waals surface area contributed by atoms with E-state index in [2.05, 4.69) is 4.42 Å². The summed E-state index contributed by atoms with van der Waals surface area (Å²) in [6.07, 6.45) is -4.56. The van der Waals surface area contributed by atoms with Crippen molar-refractivity contribution in [3.63, 3.8) is 0 Å². The summed E-state index contributed by atoms with van der Waals surface area (Å²) < 4.78 is 46.4. The number of ether oxygens (including phenoxy) is 1. The number of alkyl halides is 3. The molecule has 7 heteroatoms. The van der Waals surface area contributed by atoms with Gasteiger partial charge in [0.15, 0.2) is 0 Å². The standard InChI is InChI=1S/C12H8F3NO3/c13-12(14,15)9-5-6-10(19-9)18-8-3-1-7(2-4-8)11(16)17/h1-6H,(H2,16,17). The molecule has 2 N–H and O–H groups in total. The van der Waals surface area contributed by atoms with Crippen molar-refractivity contribution in [1.29, 1.82) is 0 Å². The molecule has 2 rings (SSSR count). The molecule has 1 amide bonds. The Hall–Kier alpha value is -2.44. The lowest BCUT2D eigenvalue weighted by atomic mass is 10.2. The molecule has 2 aromatic rings. The number of primary amides is 1. The smallest absolute Gasteiger partial charge is 0.426 e. The average molecular weight is 271 g/mol. The molecule has 1 heterocycles. The highest BCUT2D eigenvalue weighted by Crippen LogP contribution is 2.34. The molecule has 0 saturated heterocycles. The van der Waals surface area contributed by atoms with E-state index in [1.165, 1.54) is 24.3 Å². The van der Waals surface area contributed by atoms with E-state index in [0.717, 1.165) is 12.1 Å². The molecule has 0 saturated carbocycles. The van der Waals surface area contributed by atoms with Gasteiger partial charge in [-0.05, 0) is 30.3 Å². The zero-order valence-corrected chi connectivity index (χ0v) is 9.40. The van der Waals surface area contributed by atoms with Crippen molar-refractivity contribution < 1.29 is 27.1 Å². The van der Waals surface area contributed by atoms with Crippen LogP contribution in [-0.4, -0.2) is 5.91 Å². The van der Waals surface area contributed by atoms with Crippen LogP contribution in [0.25, 0.3) is 0 Å². The fourth-order valence-corrected chi connectivity index (χ4v) is 1.33. The van der Waals surface area contributed by atoms with Gasteiger partial charge in [-0.2, -0.15) is 13.2 Å². The summed E-state index contributed by atoms with van der Waals surface area (Å²) in [6, 6.07) is 7.42. The Bertz CT molecular complexity index is 587. The van der Waals surface area contributed by atoms with Gasteiger partial charge in [0, 0.05) is 11.6 Å². The molecule has 4 nitrogen and oxygen atoms in total. The molecule has 0 aliphatic carbocycles. The second-order valence-corrected chi connectivity index (χ2v) is 3.61. The van der Waals surface area contributed by atoms with Gasteiger partial charge in [-0.1, -0.05) is 0 Å². The van der Waals surface area contributed by atoms with Crippen molar-refractivity contribution >= 4 is 5.91 Å². The summed E-state index contributed by atoms with van der Waals surface area (Å²) >= 11 is 0. The zero-order chi connectivity index (χ0) is 14.0. The molecule has 19 heavy (non-hydrogen) atoms. The van der Waals surface area contributed by atoms with Crippen LogP contribution < -0.4 is 10.5 Å². The third-order valence-corrected chi connectivity index (χ3v) is 2.22. The third kappa shape index (κ3) is 3.06. The first kappa shape index (κ1) is 13.0. The summed E-state index contributed by atoms with van der Waals surface area (Å²) in [5, 5.41) is 0. The van der Waals surface area contributed by atoms with E-state index in [0.29, 0.717) is 0 Å². The number of hydrogen-bond acceptors (Lipinski definition) is 3. The van der Waals surface area contributed by atoms with Gasteiger partial charge < -0.3 is 14.9 Å². The SMILES string of the molecule is NC(=O)c1ccc(Oc2ccc(C(F)(F)F)o2)cc1. The normalized spacial score (nSPS) is 11.3. The summed E-state index contributed by atoms with van der Waals surface area (Å²) in [7, 11) is 0. The van der Waals surface area contributed by atoms with Crippen LogP contribution in [0.4, 0.5) is 13.2 Å². The number of carbonyl (C=O) groups is 1. The second-order valence-electron chi connectivity index (χ2n) is 3.61. The minimum absolute atomic E-state index is 0.230. The molecule has 0 unspecified atom stereocenters. The lowest BCUT2D eigenvalue weighted by Gasteiger charge is -2.03. The fourth-order valence-electron chi connectivity index (χ4n) is 1.33. The van der Waals surface area contributed by atoms with Gasteiger partial charge in [0.05, 0.1) is 0 Å². The van der Waals surface area contributed by atoms with Gasteiger partial charge >= 0.3 is 6.18 Å². The quantitative estimate of drug-likeness (QED) is 0.932. The lowest BCUT2D eigenvalue weighted by molar-refractivity contribution is -0.153. The highest BCUT2D eigenvalue weighted by atomic mass is 19.4. The predicted molar refractivity (Wildman–Crippen MR) is 58.7 cm³/mol. The first-order chi connectivity index (χ1) is 8.86. The molecule has 0 aliphatic heterocycles. The second kappa shape index (κ2) is 4.68. The summed E-state index contributed by atoms with van der Waals surface area (Å²) in [5.41, 5.74) is 5.31. The maximum atomic E-state index is 12.3. The van der Waals surface area contributed by atoms with E-state index in [1.807, 2.05) is 0 Å². The van der Waals surface area contributed by atoms with Gasteiger partial charge in [0.2, 0.25) is 11.7 Å². The van der Waals surface area contributed by atoms with Crippen LogP contribution in [0, 0.1) is 0 Å². The Balaban J connectivity index is 2.13. The number of halogens is 3. The number of benzene rings is 1. The average Bonchev–Trinajstić information content (AvgIpc) is 2.78.